The van der Waals surface area contributed by atoms with Crippen LogP contribution in [-0.4, -0.2) is 119 Å². The second kappa shape index (κ2) is 20.4. The Bertz CT molecular complexity index is 3030. The van der Waals surface area contributed by atoms with Crippen LogP contribution in [0.5, 0.6) is 11.5 Å². The van der Waals surface area contributed by atoms with E-state index in [-0.39, 0.29) is 85.4 Å². The van der Waals surface area contributed by atoms with Gasteiger partial charge in [-0.25, -0.2) is 15.0 Å². The van der Waals surface area contributed by atoms with Crippen LogP contribution in [0.15, 0.2) is 59.1 Å². The minimum Gasteiger partial charge on any atom is -0.494 e. The lowest BCUT2D eigenvalue weighted by atomic mass is 10.1. The molecule has 0 saturated heterocycles. The van der Waals surface area contributed by atoms with E-state index in [1.165, 1.54) is 36.3 Å². The Kier molecular flexibility index (Phi) is 14.3. The molecule has 0 radical (unpaired) electrons. The van der Waals surface area contributed by atoms with E-state index in [1.54, 1.807) is 65.1 Å². The maximum absolute atomic E-state index is 13.8. The van der Waals surface area contributed by atoms with Crippen molar-refractivity contribution >= 4 is 75.7 Å². The standard InChI is InChI=1S/C46H50N12O10/c1-7-30-41(68-27(4)48-30)44(65)52-46-49-31-21-28(25-59)22-35(67-19-11-15-54(5)36(60)14-18-55-37(61)12-13-38(55)62)40(31)57(46)17-10-9-16-56-39-32(23-29(42(47)63)24-34(39)66-6)50-45(56)51-43(64)33-20-26(3)53-58(33)8-2/h9-10,12-13,20-25H,7-8,11,14-19H2,1-6H3,(H2,47,63)(H,49,52,65)(H,50,51,64)/b10-9+. The van der Waals surface area contributed by atoms with Crippen molar-refractivity contribution in [2.75, 3.05) is 44.5 Å². The number of allylic oxidation sites excluding steroid dienone is 2. The highest BCUT2D eigenvalue weighted by molar-refractivity contribution is 6.13. The Balaban J connectivity index is 1.19. The fraction of sp³-hybridized carbons (Fsp3) is 0.326. The van der Waals surface area contributed by atoms with Crippen LogP contribution in [0.2, 0.25) is 0 Å². The number of imide groups is 1. The van der Waals surface area contributed by atoms with Gasteiger partial charge in [-0.2, -0.15) is 5.10 Å². The van der Waals surface area contributed by atoms with Gasteiger partial charge in [-0.3, -0.25) is 53.8 Å². The second-order valence-electron chi connectivity index (χ2n) is 15.7. The fourth-order valence-corrected chi connectivity index (χ4v) is 7.70. The highest BCUT2D eigenvalue weighted by Gasteiger charge is 2.26. The molecule has 1 aliphatic rings. The molecule has 0 saturated carbocycles. The molecular formula is C46H50N12O10. The molecule has 354 valence electrons. The number of ether oxygens (including phenoxy) is 2. The number of nitrogens with zero attached hydrogens (tertiary/aromatic N) is 9. The molecule has 0 bridgehead atoms. The van der Waals surface area contributed by atoms with E-state index in [4.69, 9.17) is 24.6 Å². The molecule has 2 aromatic carbocycles. The lowest BCUT2D eigenvalue weighted by Crippen LogP contribution is -2.36. The van der Waals surface area contributed by atoms with Gasteiger partial charge in [0.1, 0.15) is 34.5 Å². The lowest BCUT2D eigenvalue weighted by Gasteiger charge is -2.19. The van der Waals surface area contributed by atoms with Crippen LogP contribution in [0.4, 0.5) is 11.9 Å². The van der Waals surface area contributed by atoms with Crippen molar-refractivity contribution in [3.63, 3.8) is 0 Å². The van der Waals surface area contributed by atoms with Crippen LogP contribution >= 0.6 is 0 Å². The van der Waals surface area contributed by atoms with Crippen molar-refractivity contribution in [2.24, 2.45) is 5.73 Å². The van der Waals surface area contributed by atoms with E-state index in [0.717, 1.165) is 4.90 Å². The summed E-state index contributed by atoms with van der Waals surface area (Å²) >= 11 is 0. The number of benzene rings is 2. The maximum Gasteiger partial charge on any atom is 0.295 e. The number of hydrogen-bond acceptors (Lipinski definition) is 14. The third-order valence-corrected chi connectivity index (χ3v) is 11.0. The summed E-state index contributed by atoms with van der Waals surface area (Å²) in [4.78, 5) is 105. The average molecular weight is 931 g/mol. The van der Waals surface area contributed by atoms with Gasteiger partial charge >= 0.3 is 0 Å². The summed E-state index contributed by atoms with van der Waals surface area (Å²) in [6.45, 7) is 8.11. The van der Waals surface area contributed by atoms with Crippen molar-refractivity contribution in [2.45, 2.75) is 66.6 Å². The van der Waals surface area contributed by atoms with E-state index in [9.17, 15) is 33.6 Å². The fourth-order valence-electron chi connectivity index (χ4n) is 7.70. The van der Waals surface area contributed by atoms with Gasteiger partial charge in [-0.05, 0) is 57.0 Å². The lowest BCUT2D eigenvalue weighted by molar-refractivity contribution is -0.138. The van der Waals surface area contributed by atoms with Crippen LogP contribution < -0.4 is 25.8 Å². The normalized spacial score (nSPS) is 12.5. The summed E-state index contributed by atoms with van der Waals surface area (Å²) in [7, 11) is 3.05. The minimum atomic E-state index is -0.695. The van der Waals surface area contributed by atoms with Gasteiger partial charge in [0.2, 0.25) is 29.5 Å². The molecule has 6 aromatic rings. The van der Waals surface area contributed by atoms with Crippen LogP contribution in [0.25, 0.3) is 22.1 Å². The highest BCUT2D eigenvalue weighted by atomic mass is 16.5. The summed E-state index contributed by atoms with van der Waals surface area (Å²) < 4.78 is 22.6. The molecule has 0 aliphatic carbocycles. The highest BCUT2D eigenvalue weighted by Crippen LogP contribution is 2.33. The zero-order valence-corrected chi connectivity index (χ0v) is 38.3. The zero-order valence-electron chi connectivity index (χ0n) is 38.3. The van der Waals surface area contributed by atoms with Gasteiger partial charge in [0.25, 0.3) is 23.6 Å². The Labute approximate surface area is 388 Å². The number of rotatable bonds is 21. The molecule has 5 heterocycles. The number of carbonyl (C=O) groups is 7. The molecule has 6 amide bonds. The average Bonchev–Trinajstić information content (AvgIpc) is 4.14. The molecule has 0 fully saturated rings. The topological polar surface area (TPSA) is 274 Å². The number of fused-ring (bicyclic) bond motifs is 2. The summed E-state index contributed by atoms with van der Waals surface area (Å²) in [5.41, 5.74) is 9.02. The van der Waals surface area contributed by atoms with Gasteiger partial charge in [0.05, 0.1) is 36.1 Å². The van der Waals surface area contributed by atoms with Gasteiger partial charge in [0, 0.05) is 76.4 Å². The summed E-state index contributed by atoms with van der Waals surface area (Å²) in [5, 5.41) is 10.1. The van der Waals surface area contributed by atoms with Crippen LogP contribution in [-0.2, 0) is 40.4 Å². The second-order valence-corrected chi connectivity index (χ2v) is 15.7. The van der Waals surface area contributed by atoms with Crippen LogP contribution in [0.1, 0.15) is 85.7 Å². The molecule has 0 unspecified atom stereocenters. The number of primary amides is 1. The number of oxazole rings is 1. The molecule has 68 heavy (non-hydrogen) atoms. The van der Waals surface area contributed by atoms with Crippen molar-refractivity contribution in [3.8, 4) is 11.5 Å². The van der Waals surface area contributed by atoms with E-state index >= 15 is 0 Å². The molecule has 0 spiro atoms. The van der Waals surface area contributed by atoms with E-state index in [2.05, 4.69) is 25.7 Å². The number of amides is 6. The third kappa shape index (κ3) is 10.0. The Morgan fingerprint density at radius 3 is 2.13 bits per heavy atom. The first-order valence-electron chi connectivity index (χ1n) is 21.7. The molecule has 22 heteroatoms. The number of aromatic nitrogens is 7. The van der Waals surface area contributed by atoms with Gasteiger partial charge in [-0.1, -0.05) is 19.1 Å². The number of imidazole rings is 2. The molecule has 7 rings (SSSR count). The number of carbonyl (C=O) groups excluding carboxylic acids is 7. The van der Waals surface area contributed by atoms with Gasteiger partial charge in [0.15, 0.2) is 5.89 Å². The quantitative estimate of drug-likeness (QED) is 0.0399. The predicted octanol–water partition coefficient (Wildman–Crippen LogP) is 3.99. The third-order valence-electron chi connectivity index (χ3n) is 11.0. The van der Waals surface area contributed by atoms with Crippen molar-refractivity contribution in [1.82, 2.24) is 43.7 Å². The van der Waals surface area contributed by atoms with Gasteiger partial charge in [-0.15, -0.1) is 0 Å². The number of nitrogens with one attached hydrogen (secondary N) is 2. The van der Waals surface area contributed by atoms with Crippen molar-refractivity contribution in [1.29, 1.82) is 0 Å². The Hall–Kier alpha value is -8.43. The van der Waals surface area contributed by atoms with Crippen LogP contribution in [0.3, 0.4) is 0 Å². The number of methoxy groups -OCH3 is 1. The summed E-state index contributed by atoms with van der Waals surface area (Å²) in [6, 6.07) is 7.77. The first-order valence-corrected chi connectivity index (χ1v) is 21.7. The minimum absolute atomic E-state index is 0.0188. The Morgan fingerprint density at radius 2 is 1.51 bits per heavy atom. The monoisotopic (exact) mass is 930 g/mol. The summed E-state index contributed by atoms with van der Waals surface area (Å²) in [6.07, 6.45) is 7.32. The number of aldehydes is 1. The molecule has 22 nitrogen and oxygen atoms in total. The number of aryl methyl sites for hydroxylation is 4. The zero-order chi connectivity index (χ0) is 48.8. The molecule has 4 aromatic heterocycles. The van der Waals surface area contributed by atoms with E-state index in [0.29, 0.717) is 70.7 Å². The van der Waals surface area contributed by atoms with E-state index < -0.39 is 29.5 Å². The smallest absolute Gasteiger partial charge is 0.295 e. The molecular weight excluding hydrogens is 881 g/mol. The Morgan fingerprint density at radius 1 is 0.868 bits per heavy atom. The number of hydrogen-bond donors (Lipinski definition) is 3. The number of anilines is 2. The number of nitrogens with two attached hydrogens (primary N) is 1. The van der Waals surface area contributed by atoms with Crippen LogP contribution in [0, 0.1) is 13.8 Å². The summed E-state index contributed by atoms with van der Waals surface area (Å²) in [5.74, 6) is -1.84. The van der Waals surface area contributed by atoms with Crippen molar-refractivity contribution < 1.29 is 47.5 Å². The molecule has 1 aliphatic heterocycles. The first-order chi connectivity index (χ1) is 32.6. The molecule has 0 atom stereocenters. The van der Waals surface area contributed by atoms with E-state index in [1.807, 2.05) is 13.8 Å². The maximum atomic E-state index is 13.8. The first kappa shape index (κ1) is 47.5. The molecule has 4 N–H and O–H groups in total. The van der Waals surface area contributed by atoms with Gasteiger partial charge < -0.3 is 33.7 Å². The van der Waals surface area contributed by atoms with Crippen molar-refractivity contribution in [3.05, 3.63) is 94.5 Å². The SMILES string of the molecule is CCc1nc(C)oc1C(=O)Nc1nc2cc(C=O)cc(OCCCN(C)C(=O)CCN3C(=O)C=CC3=O)c2n1C/C=C/Cn1c(NC(=O)c2cc(C)nn2CC)nc2cc(C(N)=O)cc(OC)c21. The predicted molar refractivity (Wildman–Crippen MR) is 246 cm³/mol. The largest absolute Gasteiger partial charge is 0.494 e.